The van der Waals surface area contributed by atoms with Gasteiger partial charge >= 0.3 is 0 Å². The lowest BCUT2D eigenvalue weighted by Crippen LogP contribution is -2.20. The van der Waals surface area contributed by atoms with Gasteiger partial charge in [0, 0.05) is 43.3 Å². The van der Waals surface area contributed by atoms with Crippen molar-refractivity contribution >= 4 is 11.8 Å². The lowest BCUT2D eigenvalue weighted by Gasteiger charge is -2.14. The van der Waals surface area contributed by atoms with Crippen molar-refractivity contribution in [2.24, 2.45) is 0 Å². The minimum absolute atomic E-state index is 0.346. The van der Waals surface area contributed by atoms with Crippen molar-refractivity contribution in [2.45, 2.75) is 18.9 Å². The molecule has 8 heteroatoms. The number of rotatable bonds is 5. The number of pyridine rings is 1. The highest BCUT2D eigenvalue weighted by Gasteiger charge is 2.25. The van der Waals surface area contributed by atoms with Gasteiger partial charge in [0.25, 0.3) is 0 Å². The number of hydrogen-bond acceptors (Lipinski definition) is 6. The van der Waals surface area contributed by atoms with E-state index in [0.29, 0.717) is 17.7 Å². The maximum absolute atomic E-state index is 13.3. The fourth-order valence-electron chi connectivity index (χ4n) is 3.06. The highest BCUT2D eigenvalue weighted by molar-refractivity contribution is 5.47. The van der Waals surface area contributed by atoms with Gasteiger partial charge in [-0.15, -0.1) is 0 Å². The molecule has 1 atom stereocenters. The van der Waals surface area contributed by atoms with Crippen molar-refractivity contribution in [3.8, 4) is 0 Å². The monoisotopic (exact) mass is 339 g/mol. The van der Waals surface area contributed by atoms with E-state index < -0.39 is 0 Å². The number of imidazole rings is 1. The fraction of sp³-hybridized carbons (Fsp3) is 0.294. The van der Waals surface area contributed by atoms with E-state index in [9.17, 15) is 4.39 Å². The van der Waals surface area contributed by atoms with Gasteiger partial charge in [0.1, 0.15) is 17.5 Å². The van der Waals surface area contributed by atoms with Gasteiger partial charge in [0.05, 0.1) is 12.2 Å². The lowest BCUT2D eigenvalue weighted by atomic mass is 10.1. The first-order valence-electron chi connectivity index (χ1n) is 8.18. The standard InChI is InChI=1S/C17H18FN7/c18-13-1-4-19-15(9-13)24-17-22-5-2-14(23-17)12-3-8-25(10-12)11-16-20-6-7-21-16/h1-2,4-7,9,12H,3,8,10-11H2,(H,20,21)(H,19,22,23,24)/t12-/m1/s1. The van der Waals surface area contributed by atoms with E-state index in [1.54, 1.807) is 12.4 Å². The second-order valence-corrected chi connectivity index (χ2v) is 6.05. The van der Waals surface area contributed by atoms with Gasteiger partial charge in [0.2, 0.25) is 5.95 Å². The van der Waals surface area contributed by atoms with Crippen LogP contribution in [0.2, 0.25) is 0 Å². The molecule has 25 heavy (non-hydrogen) atoms. The van der Waals surface area contributed by atoms with Gasteiger partial charge in [-0.05, 0) is 25.1 Å². The summed E-state index contributed by atoms with van der Waals surface area (Å²) in [6.45, 7) is 2.74. The summed E-state index contributed by atoms with van der Waals surface area (Å²) in [6.07, 6.45) is 7.77. The number of halogens is 1. The topological polar surface area (TPSA) is 82.6 Å². The van der Waals surface area contributed by atoms with Crippen LogP contribution in [0.15, 0.2) is 43.0 Å². The highest BCUT2D eigenvalue weighted by Crippen LogP contribution is 2.27. The highest BCUT2D eigenvalue weighted by atomic mass is 19.1. The Balaban J connectivity index is 1.43. The summed E-state index contributed by atoms with van der Waals surface area (Å²) in [6, 6.07) is 4.55. The zero-order valence-electron chi connectivity index (χ0n) is 13.6. The normalized spacial score (nSPS) is 17.7. The smallest absolute Gasteiger partial charge is 0.228 e. The Morgan fingerprint density at radius 1 is 1.20 bits per heavy atom. The maximum atomic E-state index is 13.3. The molecule has 1 aliphatic heterocycles. The first-order valence-corrected chi connectivity index (χ1v) is 8.18. The molecule has 0 bridgehead atoms. The van der Waals surface area contributed by atoms with Gasteiger partial charge in [-0.1, -0.05) is 0 Å². The van der Waals surface area contributed by atoms with E-state index in [4.69, 9.17) is 0 Å². The van der Waals surface area contributed by atoms with Crippen LogP contribution in [0.4, 0.5) is 16.2 Å². The van der Waals surface area contributed by atoms with Gasteiger partial charge in [0.15, 0.2) is 0 Å². The Morgan fingerprint density at radius 2 is 2.12 bits per heavy atom. The first-order chi connectivity index (χ1) is 12.3. The molecule has 4 rings (SSSR count). The van der Waals surface area contributed by atoms with E-state index >= 15 is 0 Å². The molecule has 128 valence electrons. The minimum atomic E-state index is -0.349. The van der Waals surface area contributed by atoms with Crippen molar-refractivity contribution in [3.63, 3.8) is 0 Å². The van der Waals surface area contributed by atoms with Crippen molar-refractivity contribution in [1.29, 1.82) is 0 Å². The minimum Gasteiger partial charge on any atom is -0.348 e. The molecular weight excluding hydrogens is 321 g/mol. The summed E-state index contributed by atoms with van der Waals surface area (Å²) >= 11 is 0. The molecule has 0 aliphatic carbocycles. The molecule has 7 nitrogen and oxygen atoms in total. The van der Waals surface area contributed by atoms with Crippen molar-refractivity contribution < 1.29 is 4.39 Å². The van der Waals surface area contributed by atoms with Crippen LogP contribution in [-0.2, 0) is 6.54 Å². The van der Waals surface area contributed by atoms with E-state index in [1.807, 2.05) is 12.3 Å². The Bertz CT molecular complexity index is 837. The number of hydrogen-bond donors (Lipinski definition) is 2. The van der Waals surface area contributed by atoms with Crippen LogP contribution in [0.5, 0.6) is 0 Å². The molecule has 1 fully saturated rings. The molecular formula is C17H18FN7. The van der Waals surface area contributed by atoms with Crippen LogP contribution in [0.25, 0.3) is 0 Å². The van der Waals surface area contributed by atoms with Gasteiger partial charge in [-0.2, -0.15) is 0 Å². The zero-order valence-corrected chi connectivity index (χ0v) is 13.6. The average Bonchev–Trinajstić information content (AvgIpc) is 3.28. The average molecular weight is 339 g/mol. The number of nitrogens with one attached hydrogen (secondary N) is 2. The zero-order chi connectivity index (χ0) is 17.1. The molecule has 0 aromatic carbocycles. The number of aromatic nitrogens is 5. The van der Waals surface area contributed by atoms with Gasteiger partial charge in [-0.3, -0.25) is 4.90 Å². The van der Waals surface area contributed by atoms with Gasteiger partial charge < -0.3 is 10.3 Å². The molecule has 0 unspecified atom stereocenters. The third kappa shape index (κ3) is 3.80. The summed E-state index contributed by atoms with van der Waals surface area (Å²) in [5.41, 5.74) is 0.982. The van der Waals surface area contributed by atoms with E-state index in [2.05, 4.69) is 35.1 Å². The van der Waals surface area contributed by atoms with E-state index in [-0.39, 0.29) is 5.82 Å². The second-order valence-electron chi connectivity index (χ2n) is 6.05. The Hall–Kier alpha value is -2.87. The van der Waals surface area contributed by atoms with Crippen molar-refractivity contribution in [3.05, 3.63) is 60.3 Å². The molecule has 0 radical (unpaired) electrons. The summed E-state index contributed by atoms with van der Waals surface area (Å²) in [4.78, 5) is 22.6. The molecule has 1 aliphatic rings. The molecule has 0 saturated carbocycles. The Morgan fingerprint density at radius 3 is 2.96 bits per heavy atom. The molecule has 3 aromatic heterocycles. The predicted octanol–water partition coefficient (Wildman–Crippen LogP) is 2.47. The van der Waals surface area contributed by atoms with Crippen LogP contribution in [-0.4, -0.2) is 42.9 Å². The summed E-state index contributed by atoms with van der Waals surface area (Å²) in [5, 5.41) is 2.95. The van der Waals surface area contributed by atoms with Crippen LogP contribution in [0, 0.1) is 5.82 Å². The van der Waals surface area contributed by atoms with Crippen LogP contribution in [0.1, 0.15) is 23.9 Å². The van der Waals surface area contributed by atoms with Crippen molar-refractivity contribution in [2.75, 3.05) is 18.4 Å². The SMILES string of the molecule is Fc1ccnc(Nc2nccc([C@@H]3CCN(Cc4ncc[nH]4)C3)n2)c1. The lowest BCUT2D eigenvalue weighted by molar-refractivity contribution is 0.318. The van der Waals surface area contributed by atoms with Crippen molar-refractivity contribution in [1.82, 2.24) is 29.8 Å². The molecule has 2 N–H and O–H groups in total. The number of nitrogens with zero attached hydrogens (tertiary/aromatic N) is 5. The summed E-state index contributed by atoms with van der Waals surface area (Å²) in [5.74, 6) is 1.79. The quantitative estimate of drug-likeness (QED) is 0.743. The largest absolute Gasteiger partial charge is 0.348 e. The molecule has 3 aromatic rings. The molecule has 0 amide bonds. The Labute approximate surface area is 144 Å². The van der Waals surface area contributed by atoms with Gasteiger partial charge in [-0.25, -0.2) is 24.3 Å². The fourth-order valence-corrected chi connectivity index (χ4v) is 3.06. The van der Waals surface area contributed by atoms with E-state index in [0.717, 1.165) is 37.6 Å². The maximum Gasteiger partial charge on any atom is 0.228 e. The third-order valence-electron chi connectivity index (χ3n) is 4.26. The van der Waals surface area contributed by atoms with Crippen LogP contribution >= 0.6 is 0 Å². The number of likely N-dealkylation sites (tertiary alicyclic amines) is 1. The predicted molar refractivity (Wildman–Crippen MR) is 90.7 cm³/mol. The summed E-state index contributed by atoms with van der Waals surface area (Å²) < 4.78 is 13.3. The third-order valence-corrected chi connectivity index (χ3v) is 4.26. The summed E-state index contributed by atoms with van der Waals surface area (Å²) in [7, 11) is 0. The number of H-pyrrole nitrogens is 1. The number of anilines is 2. The molecule has 4 heterocycles. The first kappa shape index (κ1) is 15.6. The number of aromatic amines is 1. The molecule has 0 spiro atoms. The second kappa shape index (κ2) is 6.94. The van der Waals surface area contributed by atoms with Crippen LogP contribution in [0.3, 0.4) is 0 Å². The molecule has 1 saturated heterocycles. The Kier molecular flexibility index (Phi) is 4.34. The van der Waals surface area contributed by atoms with Crippen LogP contribution < -0.4 is 5.32 Å². The van der Waals surface area contributed by atoms with E-state index in [1.165, 1.54) is 18.3 Å².